The van der Waals surface area contributed by atoms with Gasteiger partial charge in [0.2, 0.25) is 0 Å². The molecule has 4 rings (SSSR count). The number of halogens is 2. The highest BCUT2D eigenvalue weighted by Crippen LogP contribution is 2.32. The number of nitrogens with one attached hydrogen (secondary N) is 1. The van der Waals surface area contributed by atoms with Crippen LogP contribution in [-0.4, -0.2) is 47.9 Å². The SMILES string of the molecule is COc1cc(OC)c(F)c(C#Cc2nn(C3CCNC3)c3c(C(C)=O)cnc(N)c23)c1F. The van der Waals surface area contributed by atoms with E-state index >= 15 is 0 Å². The number of Topliss-reactive ketones (excluding diaryl/α,β-unsaturated/α-hetero) is 1. The predicted octanol–water partition coefficient (Wildman–Crippen LogP) is 2.45. The number of aromatic nitrogens is 3. The van der Waals surface area contributed by atoms with E-state index in [1.54, 1.807) is 4.68 Å². The number of ether oxygens (including phenoxy) is 2. The number of nitrogen functional groups attached to an aromatic ring is 1. The van der Waals surface area contributed by atoms with Crippen molar-refractivity contribution in [3.8, 4) is 23.3 Å². The van der Waals surface area contributed by atoms with Crippen molar-refractivity contribution in [1.29, 1.82) is 0 Å². The molecule has 166 valence electrons. The minimum absolute atomic E-state index is 0.0293. The fraction of sp³-hybridized carbons (Fsp3) is 0.318. The Morgan fingerprint density at radius 2 is 1.94 bits per heavy atom. The fourth-order valence-electron chi connectivity index (χ4n) is 3.77. The summed E-state index contributed by atoms with van der Waals surface area (Å²) < 4.78 is 41.1. The summed E-state index contributed by atoms with van der Waals surface area (Å²) in [7, 11) is 2.51. The van der Waals surface area contributed by atoms with Crippen molar-refractivity contribution in [1.82, 2.24) is 20.1 Å². The molecule has 0 aliphatic carbocycles. The van der Waals surface area contributed by atoms with E-state index in [0.29, 0.717) is 23.0 Å². The van der Waals surface area contributed by atoms with E-state index in [0.717, 1.165) is 19.0 Å². The maximum Gasteiger partial charge on any atom is 0.183 e. The van der Waals surface area contributed by atoms with Crippen LogP contribution in [0.4, 0.5) is 14.6 Å². The number of hydrogen-bond acceptors (Lipinski definition) is 7. The predicted molar refractivity (Wildman–Crippen MR) is 114 cm³/mol. The minimum Gasteiger partial charge on any atom is -0.493 e. The molecule has 0 bridgehead atoms. The van der Waals surface area contributed by atoms with Gasteiger partial charge in [-0.15, -0.1) is 0 Å². The van der Waals surface area contributed by atoms with Gasteiger partial charge in [-0.2, -0.15) is 5.10 Å². The monoisotopic (exact) mass is 441 g/mol. The molecule has 3 aromatic rings. The summed E-state index contributed by atoms with van der Waals surface area (Å²) in [6.07, 6.45) is 2.20. The number of nitrogens with two attached hydrogens (primary N) is 1. The van der Waals surface area contributed by atoms with E-state index in [-0.39, 0.29) is 34.8 Å². The average Bonchev–Trinajstić information content (AvgIpc) is 3.42. The third-order valence-electron chi connectivity index (χ3n) is 5.39. The Morgan fingerprint density at radius 1 is 1.25 bits per heavy atom. The van der Waals surface area contributed by atoms with Crippen LogP contribution in [0.15, 0.2) is 12.3 Å². The summed E-state index contributed by atoms with van der Waals surface area (Å²) in [5.41, 5.74) is 6.61. The Balaban J connectivity index is 1.96. The number of anilines is 1. The van der Waals surface area contributed by atoms with Gasteiger partial charge >= 0.3 is 0 Å². The minimum atomic E-state index is -0.961. The Morgan fingerprint density at radius 3 is 2.50 bits per heavy atom. The third-order valence-corrected chi connectivity index (χ3v) is 5.39. The zero-order valence-electron chi connectivity index (χ0n) is 17.8. The number of pyridine rings is 1. The van der Waals surface area contributed by atoms with Crippen LogP contribution in [0.25, 0.3) is 10.9 Å². The number of benzene rings is 1. The molecule has 1 atom stereocenters. The second-order valence-electron chi connectivity index (χ2n) is 7.31. The van der Waals surface area contributed by atoms with E-state index in [1.165, 1.54) is 27.3 Å². The van der Waals surface area contributed by atoms with Gasteiger partial charge in [0, 0.05) is 18.8 Å². The van der Waals surface area contributed by atoms with Crippen LogP contribution in [0.5, 0.6) is 11.5 Å². The molecule has 1 saturated heterocycles. The normalized spacial score (nSPS) is 15.5. The van der Waals surface area contributed by atoms with Crippen molar-refractivity contribution in [2.75, 3.05) is 33.0 Å². The first-order chi connectivity index (χ1) is 15.4. The molecular formula is C22H21F2N5O3. The van der Waals surface area contributed by atoms with E-state index in [4.69, 9.17) is 15.2 Å². The van der Waals surface area contributed by atoms with Gasteiger partial charge in [0.05, 0.1) is 36.7 Å². The number of fused-ring (bicyclic) bond motifs is 1. The summed E-state index contributed by atoms with van der Waals surface area (Å²) in [6.45, 7) is 2.87. The number of carbonyl (C=O) groups is 1. The highest BCUT2D eigenvalue weighted by atomic mass is 19.1. The fourth-order valence-corrected chi connectivity index (χ4v) is 3.77. The van der Waals surface area contributed by atoms with E-state index in [1.807, 2.05) is 0 Å². The molecule has 1 fully saturated rings. The first-order valence-electron chi connectivity index (χ1n) is 9.87. The lowest BCUT2D eigenvalue weighted by atomic mass is 10.1. The van der Waals surface area contributed by atoms with Gasteiger partial charge in [0.15, 0.2) is 28.9 Å². The number of methoxy groups -OCH3 is 2. The van der Waals surface area contributed by atoms with E-state index in [9.17, 15) is 13.6 Å². The molecular weight excluding hydrogens is 420 g/mol. The van der Waals surface area contributed by atoms with Gasteiger partial charge in [-0.1, -0.05) is 5.92 Å². The molecule has 32 heavy (non-hydrogen) atoms. The van der Waals surface area contributed by atoms with Crippen molar-refractivity contribution < 1.29 is 23.0 Å². The van der Waals surface area contributed by atoms with Crippen LogP contribution >= 0.6 is 0 Å². The average molecular weight is 441 g/mol. The number of ketones is 1. The second-order valence-corrected chi connectivity index (χ2v) is 7.31. The molecule has 1 aliphatic heterocycles. The molecule has 0 radical (unpaired) electrons. The van der Waals surface area contributed by atoms with Crippen LogP contribution < -0.4 is 20.5 Å². The van der Waals surface area contributed by atoms with E-state index < -0.39 is 17.2 Å². The summed E-state index contributed by atoms with van der Waals surface area (Å²) in [5, 5.41) is 8.18. The molecule has 1 aromatic carbocycles. The first kappa shape index (κ1) is 21.5. The van der Waals surface area contributed by atoms with Crippen LogP contribution in [-0.2, 0) is 0 Å². The largest absolute Gasteiger partial charge is 0.493 e. The summed E-state index contributed by atoms with van der Waals surface area (Å²) in [5.74, 6) is 2.79. The molecule has 3 heterocycles. The Labute approximate surface area is 182 Å². The lowest BCUT2D eigenvalue weighted by molar-refractivity contribution is 0.101. The second kappa shape index (κ2) is 8.43. The van der Waals surface area contributed by atoms with Gasteiger partial charge < -0.3 is 20.5 Å². The third kappa shape index (κ3) is 3.50. The van der Waals surface area contributed by atoms with Gasteiger partial charge in [-0.3, -0.25) is 9.48 Å². The molecule has 0 spiro atoms. The highest BCUT2D eigenvalue weighted by Gasteiger charge is 2.26. The molecule has 0 amide bonds. The number of nitrogens with zero attached hydrogens (tertiary/aromatic N) is 3. The topological polar surface area (TPSA) is 104 Å². The molecule has 3 N–H and O–H groups in total. The lowest BCUT2D eigenvalue weighted by Gasteiger charge is -2.12. The van der Waals surface area contributed by atoms with Crippen molar-refractivity contribution in [2.45, 2.75) is 19.4 Å². The van der Waals surface area contributed by atoms with Crippen molar-refractivity contribution >= 4 is 22.5 Å². The molecule has 10 heteroatoms. The molecule has 8 nitrogen and oxygen atoms in total. The number of carbonyl (C=O) groups excluding carboxylic acids is 1. The molecule has 2 aromatic heterocycles. The van der Waals surface area contributed by atoms with Crippen molar-refractivity contribution in [3.05, 3.63) is 40.7 Å². The Kier molecular flexibility index (Phi) is 5.67. The molecule has 1 unspecified atom stereocenters. The Bertz CT molecular complexity index is 1260. The molecule has 0 saturated carbocycles. The van der Waals surface area contributed by atoms with Crippen LogP contribution in [0, 0.1) is 23.5 Å². The highest BCUT2D eigenvalue weighted by molar-refractivity contribution is 6.09. The standard InChI is InChI=1S/C22H21F2N5O3/c1-11(30)14-10-27-22(25)18-15(28-29(21(14)18)12-6-7-26-9-12)5-4-13-19(23)16(31-2)8-17(32-3)20(13)24/h8,10,12,26H,6-7,9H2,1-3H3,(H2,25,27). The Hall–Kier alpha value is -3.71. The lowest BCUT2D eigenvalue weighted by Crippen LogP contribution is -2.15. The zero-order chi connectivity index (χ0) is 23.0. The van der Waals surface area contributed by atoms with Crippen LogP contribution in [0.3, 0.4) is 0 Å². The van der Waals surface area contributed by atoms with Gasteiger partial charge in [-0.05, 0) is 25.8 Å². The smallest absolute Gasteiger partial charge is 0.183 e. The summed E-state index contributed by atoms with van der Waals surface area (Å²) in [4.78, 5) is 16.4. The van der Waals surface area contributed by atoms with Crippen molar-refractivity contribution in [2.24, 2.45) is 0 Å². The van der Waals surface area contributed by atoms with Gasteiger partial charge in [0.1, 0.15) is 17.1 Å². The van der Waals surface area contributed by atoms with Gasteiger partial charge in [-0.25, -0.2) is 13.8 Å². The van der Waals surface area contributed by atoms with Crippen LogP contribution in [0.2, 0.25) is 0 Å². The summed E-state index contributed by atoms with van der Waals surface area (Å²) in [6, 6.07) is 1.08. The molecule has 1 aliphatic rings. The van der Waals surface area contributed by atoms with Crippen LogP contribution in [0.1, 0.15) is 41.0 Å². The first-order valence-corrected chi connectivity index (χ1v) is 9.87. The van der Waals surface area contributed by atoms with E-state index in [2.05, 4.69) is 27.2 Å². The zero-order valence-corrected chi connectivity index (χ0v) is 17.8. The number of hydrogen-bond donors (Lipinski definition) is 2. The quantitative estimate of drug-likeness (QED) is 0.473. The maximum absolute atomic E-state index is 14.7. The van der Waals surface area contributed by atoms with Crippen molar-refractivity contribution in [3.63, 3.8) is 0 Å². The number of rotatable bonds is 4. The summed E-state index contributed by atoms with van der Waals surface area (Å²) >= 11 is 0. The van der Waals surface area contributed by atoms with Gasteiger partial charge in [0.25, 0.3) is 0 Å². The maximum atomic E-state index is 14.7.